The third kappa shape index (κ3) is 2.97. The van der Waals surface area contributed by atoms with E-state index in [9.17, 15) is 0 Å². The van der Waals surface area contributed by atoms with Gasteiger partial charge >= 0.3 is 0 Å². The molecule has 0 spiro atoms. The molecule has 0 amide bonds. The lowest BCUT2D eigenvalue weighted by Gasteiger charge is -2.09. The van der Waals surface area contributed by atoms with Crippen molar-refractivity contribution in [2.75, 3.05) is 12.8 Å². The van der Waals surface area contributed by atoms with Crippen LogP contribution in [-0.4, -0.2) is 23.0 Å². The molecule has 2 rings (SSSR count). The van der Waals surface area contributed by atoms with E-state index in [0.717, 1.165) is 18.6 Å². The SMILES string of the molecule is CSC(C)CNCc1cnc2ccsc2c1. The number of pyridine rings is 1. The van der Waals surface area contributed by atoms with Crippen LogP contribution in [0.25, 0.3) is 10.2 Å². The van der Waals surface area contributed by atoms with Crippen molar-refractivity contribution in [3.63, 3.8) is 0 Å². The maximum atomic E-state index is 4.42. The van der Waals surface area contributed by atoms with Gasteiger partial charge in [-0.15, -0.1) is 11.3 Å². The minimum absolute atomic E-state index is 0.665. The summed E-state index contributed by atoms with van der Waals surface area (Å²) in [6.45, 7) is 4.19. The van der Waals surface area contributed by atoms with Crippen LogP contribution in [-0.2, 0) is 6.54 Å². The zero-order valence-electron chi connectivity index (χ0n) is 9.56. The summed E-state index contributed by atoms with van der Waals surface area (Å²) in [4.78, 5) is 4.42. The fraction of sp³-hybridized carbons (Fsp3) is 0.417. The number of fused-ring (bicyclic) bond motifs is 1. The van der Waals surface area contributed by atoms with Crippen molar-refractivity contribution in [1.82, 2.24) is 10.3 Å². The lowest BCUT2D eigenvalue weighted by atomic mass is 10.2. The molecule has 0 fully saturated rings. The Balaban J connectivity index is 1.93. The maximum absolute atomic E-state index is 4.42. The topological polar surface area (TPSA) is 24.9 Å². The van der Waals surface area contributed by atoms with Crippen molar-refractivity contribution in [3.05, 3.63) is 29.3 Å². The standard InChI is InChI=1S/C12H16N2S2/c1-9(15-2)6-13-7-10-5-12-11(14-8-10)3-4-16-12/h3-5,8-9,13H,6-7H2,1-2H3. The highest BCUT2D eigenvalue weighted by Crippen LogP contribution is 2.19. The Morgan fingerprint density at radius 2 is 2.44 bits per heavy atom. The summed E-state index contributed by atoms with van der Waals surface area (Å²) in [6, 6.07) is 4.29. The Morgan fingerprint density at radius 3 is 3.25 bits per heavy atom. The first-order valence-corrected chi connectivity index (χ1v) is 7.52. The number of nitrogens with one attached hydrogen (secondary N) is 1. The molecule has 0 aliphatic rings. The van der Waals surface area contributed by atoms with E-state index in [4.69, 9.17) is 0 Å². The quantitative estimate of drug-likeness (QED) is 0.885. The van der Waals surface area contributed by atoms with Gasteiger partial charge in [-0.05, 0) is 29.3 Å². The van der Waals surface area contributed by atoms with E-state index in [1.807, 2.05) is 18.0 Å². The third-order valence-electron chi connectivity index (χ3n) is 2.52. The minimum Gasteiger partial charge on any atom is -0.312 e. The first-order chi connectivity index (χ1) is 7.79. The largest absolute Gasteiger partial charge is 0.312 e. The molecule has 2 aromatic rings. The lowest BCUT2D eigenvalue weighted by Crippen LogP contribution is -2.22. The van der Waals surface area contributed by atoms with Gasteiger partial charge in [0.2, 0.25) is 0 Å². The van der Waals surface area contributed by atoms with Gasteiger partial charge in [0, 0.05) is 24.5 Å². The summed E-state index contributed by atoms with van der Waals surface area (Å²) in [7, 11) is 0. The zero-order valence-corrected chi connectivity index (χ0v) is 11.2. The summed E-state index contributed by atoms with van der Waals surface area (Å²) in [6.07, 6.45) is 4.11. The number of hydrogen-bond donors (Lipinski definition) is 1. The molecule has 2 aromatic heterocycles. The molecule has 4 heteroatoms. The monoisotopic (exact) mass is 252 g/mol. The molecule has 1 unspecified atom stereocenters. The second-order valence-electron chi connectivity index (χ2n) is 3.82. The fourth-order valence-corrected chi connectivity index (χ4v) is 2.58. The average Bonchev–Trinajstić information content (AvgIpc) is 2.76. The molecular weight excluding hydrogens is 236 g/mol. The van der Waals surface area contributed by atoms with Crippen LogP contribution in [0.3, 0.4) is 0 Å². The summed E-state index contributed by atoms with van der Waals surface area (Å²) in [5.74, 6) is 0. The number of rotatable bonds is 5. The predicted octanol–water partition coefficient (Wildman–Crippen LogP) is 3.14. The van der Waals surface area contributed by atoms with Gasteiger partial charge in [0.15, 0.2) is 0 Å². The van der Waals surface area contributed by atoms with Gasteiger partial charge in [-0.2, -0.15) is 11.8 Å². The van der Waals surface area contributed by atoms with Gasteiger partial charge in [-0.1, -0.05) is 6.92 Å². The van der Waals surface area contributed by atoms with Crippen LogP contribution in [0, 0.1) is 0 Å². The molecule has 0 aliphatic heterocycles. The molecule has 0 saturated heterocycles. The molecule has 0 aliphatic carbocycles. The highest BCUT2D eigenvalue weighted by molar-refractivity contribution is 7.99. The number of thioether (sulfide) groups is 1. The second kappa shape index (κ2) is 5.66. The normalized spacial score (nSPS) is 13.1. The van der Waals surface area contributed by atoms with Crippen LogP contribution in [0.2, 0.25) is 0 Å². The van der Waals surface area contributed by atoms with E-state index in [2.05, 4.69) is 41.0 Å². The molecule has 16 heavy (non-hydrogen) atoms. The van der Waals surface area contributed by atoms with Crippen LogP contribution in [0.5, 0.6) is 0 Å². The summed E-state index contributed by atoms with van der Waals surface area (Å²) < 4.78 is 1.28. The molecule has 2 nitrogen and oxygen atoms in total. The highest BCUT2D eigenvalue weighted by Gasteiger charge is 2.01. The first-order valence-electron chi connectivity index (χ1n) is 5.35. The Kier molecular flexibility index (Phi) is 4.21. The number of hydrogen-bond acceptors (Lipinski definition) is 4. The van der Waals surface area contributed by atoms with Crippen molar-refractivity contribution in [2.24, 2.45) is 0 Å². The van der Waals surface area contributed by atoms with E-state index < -0.39 is 0 Å². The molecule has 1 N–H and O–H groups in total. The molecule has 0 saturated carbocycles. The number of nitrogens with zero attached hydrogens (tertiary/aromatic N) is 1. The van der Waals surface area contributed by atoms with Gasteiger partial charge in [-0.3, -0.25) is 4.98 Å². The molecule has 1 atom stereocenters. The third-order valence-corrected chi connectivity index (χ3v) is 4.35. The summed E-state index contributed by atoms with van der Waals surface area (Å²) in [5, 5.41) is 6.21. The average molecular weight is 252 g/mol. The molecule has 0 bridgehead atoms. The van der Waals surface area contributed by atoms with Crippen LogP contribution in [0.15, 0.2) is 23.7 Å². The Morgan fingerprint density at radius 1 is 1.56 bits per heavy atom. The van der Waals surface area contributed by atoms with Gasteiger partial charge in [0.1, 0.15) is 0 Å². The van der Waals surface area contributed by atoms with Crippen molar-refractivity contribution < 1.29 is 0 Å². The van der Waals surface area contributed by atoms with Crippen molar-refractivity contribution >= 4 is 33.3 Å². The van der Waals surface area contributed by atoms with Crippen LogP contribution >= 0.6 is 23.1 Å². The molecule has 0 aromatic carbocycles. The van der Waals surface area contributed by atoms with E-state index in [1.54, 1.807) is 11.3 Å². The minimum atomic E-state index is 0.665. The first kappa shape index (κ1) is 11.9. The van der Waals surface area contributed by atoms with E-state index in [-0.39, 0.29) is 0 Å². The van der Waals surface area contributed by atoms with Crippen molar-refractivity contribution in [3.8, 4) is 0 Å². The highest BCUT2D eigenvalue weighted by atomic mass is 32.2. The lowest BCUT2D eigenvalue weighted by molar-refractivity contribution is 0.684. The zero-order chi connectivity index (χ0) is 11.4. The van der Waals surface area contributed by atoms with Crippen molar-refractivity contribution in [2.45, 2.75) is 18.7 Å². The van der Waals surface area contributed by atoms with Crippen LogP contribution < -0.4 is 5.32 Å². The number of thiophene rings is 1. The van der Waals surface area contributed by atoms with Crippen LogP contribution in [0.4, 0.5) is 0 Å². The van der Waals surface area contributed by atoms with E-state index in [0.29, 0.717) is 5.25 Å². The smallest absolute Gasteiger partial charge is 0.0809 e. The Labute approximate surface area is 104 Å². The summed E-state index contributed by atoms with van der Waals surface area (Å²) in [5.41, 5.74) is 2.37. The predicted molar refractivity (Wildman–Crippen MR) is 74.3 cm³/mol. The molecular formula is C12H16N2S2. The van der Waals surface area contributed by atoms with Crippen LogP contribution in [0.1, 0.15) is 12.5 Å². The second-order valence-corrected chi connectivity index (χ2v) is 6.05. The summed E-state index contributed by atoms with van der Waals surface area (Å²) >= 11 is 3.64. The van der Waals surface area contributed by atoms with Gasteiger partial charge in [0.25, 0.3) is 0 Å². The Hall–Kier alpha value is -0.580. The molecule has 2 heterocycles. The van der Waals surface area contributed by atoms with Gasteiger partial charge in [0.05, 0.1) is 10.2 Å². The molecule has 86 valence electrons. The van der Waals surface area contributed by atoms with Gasteiger partial charge < -0.3 is 5.32 Å². The maximum Gasteiger partial charge on any atom is 0.0809 e. The Bertz CT molecular complexity index is 453. The fourth-order valence-electron chi connectivity index (χ4n) is 1.49. The van der Waals surface area contributed by atoms with Crippen molar-refractivity contribution in [1.29, 1.82) is 0 Å². The number of aromatic nitrogens is 1. The molecule has 0 radical (unpaired) electrons. The van der Waals surface area contributed by atoms with Gasteiger partial charge in [-0.25, -0.2) is 0 Å². The van der Waals surface area contributed by atoms with E-state index in [1.165, 1.54) is 10.3 Å². The van der Waals surface area contributed by atoms with E-state index >= 15 is 0 Å².